The van der Waals surface area contributed by atoms with Crippen molar-refractivity contribution in [3.05, 3.63) is 35.9 Å². The van der Waals surface area contributed by atoms with Crippen LogP contribution in [-0.4, -0.2) is 34.4 Å². The van der Waals surface area contributed by atoms with Gasteiger partial charge in [-0.1, -0.05) is 35.5 Å². The molecule has 0 bridgehead atoms. The van der Waals surface area contributed by atoms with Gasteiger partial charge < -0.3 is 15.8 Å². The summed E-state index contributed by atoms with van der Waals surface area (Å²) in [5.74, 6) is 0.299. The number of benzene rings is 1. The van der Waals surface area contributed by atoms with E-state index in [1.807, 2.05) is 30.3 Å². The minimum absolute atomic E-state index is 0.0444. The zero-order valence-electron chi connectivity index (χ0n) is 10.3. The van der Waals surface area contributed by atoms with Gasteiger partial charge in [-0.25, -0.2) is 0 Å². The smallest absolute Gasteiger partial charge is 0.223 e. The monoisotopic (exact) mass is 247 g/mol. The molecular formula is C13H17N3O2. The third-order valence-electron chi connectivity index (χ3n) is 3.44. The molecule has 96 valence electrons. The van der Waals surface area contributed by atoms with Gasteiger partial charge in [0.05, 0.1) is 6.04 Å². The lowest BCUT2D eigenvalue weighted by molar-refractivity contribution is -0.128. The van der Waals surface area contributed by atoms with Gasteiger partial charge >= 0.3 is 0 Å². The normalized spacial score (nSPS) is 22.3. The quantitative estimate of drug-likeness (QED) is 0.364. The van der Waals surface area contributed by atoms with Crippen molar-refractivity contribution in [3.8, 4) is 0 Å². The number of likely N-dealkylation sites (tertiary alicyclic amines) is 1. The third-order valence-corrected chi connectivity index (χ3v) is 3.44. The lowest BCUT2D eigenvalue weighted by atomic mass is 9.98. The Morgan fingerprint density at radius 2 is 2.17 bits per heavy atom. The second-order valence-electron chi connectivity index (χ2n) is 4.56. The maximum atomic E-state index is 12.0. The highest BCUT2D eigenvalue weighted by Crippen LogP contribution is 2.29. The van der Waals surface area contributed by atoms with E-state index in [0.717, 1.165) is 5.56 Å². The number of hydrogen-bond acceptors (Lipinski definition) is 3. The number of oxime groups is 1. The summed E-state index contributed by atoms with van der Waals surface area (Å²) in [6.07, 6.45) is 0.479. The van der Waals surface area contributed by atoms with Crippen LogP contribution in [0.4, 0.5) is 0 Å². The van der Waals surface area contributed by atoms with Crippen molar-refractivity contribution in [2.24, 2.45) is 10.9 Å². The average molecular weight is 247 g/mol. The molecule has 1 amide bonds. The van der Waals surface area contributed by atoms with Gasteiger partial charge in [-0.05, 0) is 12.5 Å². The van der Waals surface area contributed by atoms with Crippen LogP contribution in [0.2, 0.25) is 0 Å². The predicted octanol–water partition coefficient (Wildman–Crippen LogP) is 1.14. The molecule has 0 saturated carbocycles. The van der Waals surface area contributed by atoms with E-state index >= 15 is 0 Å². The fourth-order valence-corrected chi connectivity index (χ4v) is 2.30. The zero-order valence-corrected chi connectivity index (χ0v) is 10.3. The highest BCUT2D eigenvalue weighted by molar-refractivity contribution is 5.90. The van der Waals surface area contributed by atoms with Gasteiger partial charge in [-0.15, -0.1) is 0 Å². The largest absolute Gasteiger partial charge is 0.409 e. The number of nitrogens with zero attached hydrogens (tertiary/aromatic N) is 2. The summed E-state index contributed by atoms with van der Waals surface area (Å²) in [6.45, 7) is 2.38. The molecule has 2 rings (SSSR count). The van der Waals surface area contributed by atoms with E-state index in [1.165, 1.54) is 0 Å². The topological polar surface area (TPSA) is 78.9 Å². The molecule has 0 aliphatic carbocycles. The Labute approximate surface area is 106 Å². The van der Waals surface area contributed by atoms with Crippen molar-refractivity contribution in [2.45, 2.75) is 25.3 Å². The lowest BCUT2D eigenvalue weighted by Crippen LogP contribution is -2.43. The Bertz CT molecular complexity index is 459. The van der Waals surface area contributed by atoms with Crippen LogP contribution in [0.3, 0.4) is 0 Å². The van der Waals surface area contributed by atoms with E-state index in [0.29, 0.717) is 13.0 Å². The molecule has 2 atom stereocenters. The molecule has 5 heteroatoms. The first kappa shape index (κ1) is 12.4. The van der Waals surface area contributed by atoms with Crippen LogP contribution >= 0.6 is 0 Å². The van der Waals surface area contributed by atoms with E-state index in [1.54, 1.807) is 11.8 Å². The van der Waals surface area contributed by atoms with E-state index in [2.05, 4.69) is 5.16 Å². The van der Waals surface area contributed by atoms with Crippen LogP contribution in [0.5, 0.6) is 0 Å². The Hall–Kier alpha value is -2.04. The van der Waals surface area contributed by atoms with E-state index in [4.69, 9.17) is 10.9 Å². The van der Waals surface area contributed by atoms with Gasteiger partial charge in [-0.3, -0.25) is 4.79 Å². The molecule has 0 radical (unpaired) electrons. The molecule has 0 spiro atoms. The van der Waals surface area contributed by atoms with Crippen LogP contribution in [0, 0.1) is 0 Å². The summed E-state index contributed by atoms with van der Waals surface area (Å²) in [7, 11) is 0. The van der Waals surface area contributed by atoms with Gasteiger partial charge in [0, 0.05) is 18.9 Å². The molecule has 1 aromatic carbocycles. The highest BCUT2D eigenvalue weighted by Gasteiger charge is 2.34. The van der Waals surface area contributed by atoms with Crippen LogP contribution in [-0.2, 0) is 4.79 Å². The molecule has 5 nitrogen and oxygen atoms in total. The van der Waals surface area contributed by atoms with Gasteiger partial charge in [-0.2, -0.15) is 0 Å². The van der Waals surface area contributed by atoms with Gasteiger partial charge in [0.2, 0.25) is 5.91 Å². The molecule has 0 aromatic heterocycles. The number of rotatable bonds is 3. The molecule has 1 fully saturated rings. The van der Waals surface area contributed by atoms with Crippen molar-refractivity contribution in [2.75, 3.05) is 6.54 Å². The maximum absolute atomic E-state index is 12.0. The predicted molar refractivity (Wildman–Crippen MR) is 68.4 cm³/mol. The molecule has 1 saturated heterocycles. The van der Waals surface area contributed by atoms with Crippen molar-refractivity contribution in [3.63, 3.8) is 0 Å². The summed E-state index contributed by atoms with van der Waals surface area (Å²) in [6, 6.07) is 9.57. The standard InChI is InChI=1S/C13H17N3O2/c1-9(13(14)15-18)16-8-11(7-12(16)17)10-5-3-2-4-6-10/h2-6,9,11,18H,7-8H2,1H3,(H2,14,15)/t9-,11+/m1/s1. The molecule has 1 aliphatic heterocycles. The number of amides is 1. The Morgan fingerprint density at radius 1 is 1.50 bits per heavy atom. The van der Waals surface area contributed by atoms with E-state index < -0.39 is 0 Å². The lowest BCUT2D eigenvalue weighted by Gasteiger charge is -2.23. The van der Waals surface area contributed by atoms with E-state index in [9.17, 15) is 4.79 Å². The summed E-state index contributed by atoms with van der Waals surface area (Å²) in [5.41, 5.74) is 6.70. The number of carbonyl (C=O) groups excluding carboxylic acids is 1. The van der Waals surface area contributed by atoms with Crippen LogP contribution in [0.1, 0.15) is 24.8 Å². The van der Waals surface area contributed by atoms with Crippen molar-refractivity contribution in [1.29, 1.82) is 0 Å². The Morgan fingerprint density at radius 3 is 2.78 bits per heavy atom. The third kappa shape index (κ3) is 2.30. The number of carbonyl (C=O) groups is 1. The summed E-state index contributed by atoms with van der Waals surface area (Å²) in [5, 5.41) is 11.6. The van der Waals surface area contributed by atoms with Crippen LogP contribution in [0.25, 0.3) is 0 Å². The molecule has 1 heterocycles. The maximum Gasteiger partial charge on any atom is 0.223 e. The molecular weight excluding hydrogens is 230 g/mol. The first-order valence-electron chi connectivity index (χ1n) is 5.95. The minimum atomic E-state index is -0.365. The van der Waals surface area contributed by atoms with Crippen molar-refractivity contribution >= 4 is 11.7 Å². The average Bonchev–Trinajstić information content (AvgIpc) is 2.80. The molecule has 1 aliphatic rings. The van der Waals surface area contributed by atoms with E-state index in [-0.39, 0.29) is 23.7 Å². The molecule has 1 aromatic rings. The number of hydrogen-bond donors (Lipinski definition) is 2. The molecule has 18 heavy (non-hydrogen) atoms. The van der Waals surface area contributed by atoms with Gasteiger partial charge in [0.15, 0.2) is 5.84 Å². The summed E-state index contributed by atoms with van der Waals surface area (Å²) < 4.78 is 0. The molecule has 3 N–H and O–H groups in total. The zero-order chi connectivity index (χ0) is 13.1. The van der Waals surface area contributed by atoms with Gasteiger partial charge in [0.1, 0.15) is 0 Å². The number of amidine groups is 1. The van der Waals surface area contributed by atoms with Crippen LogP contribution in [0.15, 0.2) is 35.5 Å². The fourth-order valence-electron chi connectivity index (χ4n) is 2.30. The van der Waals surface area contributed by atoms with Crippen molar-refractivity contribution in [1.82, 2.24) is 4.90 Å². The second kappa shape index (κ2) is 5.08. The van der Waals surface area contributed by atoms with Crippen LogP contribution < -0.4 is 5.73 Å². The fraction of sp³-hybridized carbons (Fsp3) is 0.385. The Balaban J connectivity index is 2.12. The summed E-state index contributed by atoms with van der Waals surface area (Å²) in [4.78, 5) is 13.6. The number of nitrogens with two attached hydrogens (primary N) is 1. The van der Waals surface area contributed by atoms with Gasteiger partial charge in [0.25, 0.3) is 0 Å². The summed E-state index contributed by atoms with van der Waals surface area (Å²) >= 11 is 0. The second-order valence-corrected chi connectivity index (χ2v) is 4.56. The minimum Gasteiger partial charge on any atom is -0.409 e. The van der Waals surface area contributed by atoms with Crippen molar-refractivity contribution < 1.29 is 10.0 Å². The Kier molecular flexibility index (Phi) is 3.50. The first-order valence-corrected chi connectivity index (χ1v) is 5.95. The molecule has 0 unspecified atom stereocenters. The first-order chi connectivity index (χ1) is 8.63. The highest BCUT2D eigenvalue weighted by atomic mass is 16.4. The SMILES string of the molecule is C[C@H](/C(N)=N\O)N1C[C@@H](c2ccccc2)CC1=O.